The van der Waals surface area contributed by atoms with Crippen molar-refractivity contribution in [1.29, 1.82) is 0 Å². The molecule has 0 saturated heterocycles. The van der Waals surface area contributed by atoms with E-state index in [1.165, 1.54) is 4.31 Å². The van der Waals surface area contributed by atoms with Crippen LogP contribution in [0.2, 0.25) is 0 Å². The minimum Gasteiger partial charge on any atom is -0.493 e. The predicted octanol–water partition coefficient (Wildman–Crippen LogP) is 7.32. The summed E-state index contributed by atoms with van der Waals surface area (Å²) in [6, 6.07) is 25.0. The quantitative estimate of drug-likeness (QED) is 0.161. The molecule has 1 aliphatic rings. The molecule has 1 amide bonds. The average Bonchev–Trinajstić information content (AvgIpc) is 3.36. The summed E-state index contributed by atoms with van der Waals surface area (Å²) in [6.45, 7) is 2.91. The van der Waals surface area contributed by atoms with E-state index in [0.717, 1.165) is 46.5 Å². The number of carbonyl (C=O) groups is 1. The lowest BCUT2D eigenvalue weighted by Gasteiger charge is -2.19. The smallest absolute Gasteiger partial charge is 0.295 e. The van der Waals surface area contributed by atoms with Gasteiger partial charge in [-0.05, 0) is 47.7 Å². The van der Waals surface area contributed by atoms with Gasteiger partial charge in [0.25, 0.3) is 15.9 Å². The van der Waals surface area contributed by atoms with Crippen LogP contribution in [0.4, 0.5) is 11.4 Å². The number of unbranched alkanes of at least 4 members (excludes halogenated alkanes) is 2. The Labute approximate surface area is 232 Å². The Morgan fingerprint density at radius 3 is 2.42 bits per heavy atom. The molecule has 6 rings (SSSR count). The maximum Gasteiger partial charge on any atom is 0.295 e. The van der Waals surface area contributed by atoms with Gasteiger partial charge in [-0.1, -0.05) is 74.4 Å². The number of aromatic nitrogens is 1. The number of sulfonamides is 1. The first-order valence-electron chi connectivity index (χ1n) is 13.3. The number of hydrogen-bond donors (Lipinski definition) is 1. The minimum absolute atomic E-state index is 0.00737. The van der Waals surface area contributed by atoms with Crippen LogP contribution < -0.4 is 4.31 Å². The summed E-state index contributed by atoms with van der Waals surface area (Å²) in [7, 11) is -3.68. The lowest BCUT2D eigenvalue weighted by atomic mass is 10.1. The lowest BCUT2D eigenvalue weighted by molar-refractivity contribution is 0.0995. The maximum atomic E-state index is 13.3. The Kier molecular flexibility index (Phi) is 6.59. The largest absolute Gasteiger partial charge is 0.493 e. The summed E-state index contributed by atoms with van der Waals surface area (Å²) in [4.78, 5) is 13.2. The zero-order valence-electron chi connectivity index (χ0n) is 22.0. The Bertz CT molecular complexity index is 1890. The molecule has 9 heteroatoms. The van der Waals surface area contributed by atoms with Crippen LogP contribution in [0, 0.1) is 0 Å². The molecule has 1 aromatic heterocycles. The number of para-hydroxylation sites is 1. The molecule has 2 heterocycles. The van der Waals surface area contributed by atoms with E-state index in [1.54, 1.807) is 36.4 Å². The number of amides is 1. The molecule has 1 aliphatic heterocycles. The molecule has 40 heavy (non-hydrogen) atoms. The van der Waals surface area contributed by atoms with Gasteiger partial charge < -0.3 is 9.67 Å². The molecule has 0 saturated carbocycles. The summed E-state index contributed by atoms with van der Waals surface area (Å²) < 4.78 is 29.8. The highest BCUT2D eigenvalue weighted by atomic mass is 32.2. The highest BCUT2D eigenvalue weighted by Crippen LogP contribution is 2.43. The van der Waals surface area contributed by atoms with Crippen LogP contribution in [0.1, 0.15) is 42.1 Å². The zero-order chi connectivity index (χ0) is 27.9. The van der Waals surface area contributed by atoms with E-state index in [2.05, 4.69) is 17.2 Å². The third kappa shape index (κ3) is 4.32. The number of rotatable bonds is 8. The molecule has 0 bridgehead atoms. The van der Waals surface area contributed by atoms with Gasteiger partial charge in [-0.3, -0.25) is 9.10 Å². The third-order valence-corrected chi connectivity index (χ3v) is 9.15. The summed E-state index contributed by atoms with van der Waals surface area (Å²) in [5.41, 5.74) is 2.81. The molecule has 0 atom stereocenters. The minimum atomic E-state index is -3.68. The van der Waals surface area contributed by atoms with Gasteiger partial charge in [0.2, 0.25) is 5.88 Å². The van der Waals surface area contributed by atoms with E-state index in [-0.39, 0.29) is 18.1 Å². The summed E-state index contributed by atoms with van der Waals surface area (Å²) in [6.07, 6.45) is 3.03. The van der Waals surface area contributed by atoms with Crippen LogP contribution >= 0.6 is 0 Å². The molecule has 5 aromatic rings. The van der Waals surface area contributed by atoms with Crippen molar-refractivity contribution in [3.63, 3.8) is 0 Å². The van der Waals surface area contributed by atoms with E-state index < -0.39 is 15.9 Å². The van der Waals surface area contributed by atoms with Crippen LogP contribution in [0.5, 0.6) is 5.88 Å². The van der Waals surface area contributed by atoms with Crippen molar-refractivity contribution in [1.82, 2.24) is 4.57 Å². The van der Waals surface area contributed by atoms with Gasteiger partial charge in [0.05, 0.1) is 22.6 Å². The van der Waals surface area contributed by atoms with E-state index in [9.17, 15) is 18.3 Å². The van der Waals surface area contributed by atoms with Crippen LogP contribution in [0.15, 0.2) is 100 Å². The monoisotopic (exact) mass is 552 g/mol. The van der Waals surface area contributed by atoms with E-state index in [0.29, 0.717) is 22.7 Å². The second-order valence-corrected chi connectivity index (χ2v) is 11.7. The fourth-order valence-electron chi connectivity index (χ4n) is 5.32. The molecule has 0 unspecified atom stereocenters. The molecule has 4 aromatic carbocycles. The second kappa shape index (κ2) is 10.2. The number of azo groups is 1. The van der Waals surface area contributed by atoms with E-state index >= 15 is 0 Å². The molecule has 0 spiro atoms. The second-order valence-electron chi connectivity index (χ2n) is 9.89. The van der Waals surface area contributed by atoms with Gasteiger partial charge in [0.15, 0.2) is 5.69 Å². The summed E-state index contributed by atoms with van der Waals surface area (Å²) >= 11 is 0. The van der Waals surface area contributed by atoms with Crippen LogP contribution in [0.3, 0.4) is 0 Å². The number of carbonyl (C=O) groups excluding carboxylic acids is 1. The van der Waals surface area contributed by atoms with Gasteiger partial charge in [0, 0.05) is 22.9 Å². The Morgan fingerprint density at radius 2 is 1.65 bits per heavy atom. The highest BCUT2D eigenvalue weighted by molar-refractivity contribution is 7.93. The zero-order valence-corrected chi connectivity index (χ0v) is 22.8. The van der Waals surface area contributed by atoms with Gasteiger partial charge in [0.1, 0.15) is 0 Å². The average molecular weight is 553 g/mol. The van der Waals surface area contributed by atoms with Gasteiger partial charge in [-0.15, -0.1) is 10.2 Å². The number of fused-ring (bicyclic) bond motifs is 1. The third-order valence-electron chi connectivity index (χ3n) is 7.35. The standard InChI is InChI=1S/C31H28N4O4S/c1-2-3-6-19-34-25-12-5-4-11-24(25)29(31(34)37)32-33-30(36)23-17-15-21(16-18-23)20-35-26-13-7-9-22-10-8-14-27(28(22)26)40(35,38)39/h4-5,7-18,37H,2-3,6,19-20H2,1H3. The number of benzene rings is 4. The Morgan fingerprint density at radius 1 is 0.900 bits per heavy atom. The van der Waals surface area contributed by atoms with Crippen molar-refractivity contribution in [2.24, 2.45) is 10.2 Å². The van der Waals surface area contributed by atoms with Gasteiger partial charge in [-0.2, -0.15) is 0 Å². The van der Waals surface area contributed by atoms with Gasteiger partial charge in [-0.25, -0.2) is 8.42 Å². The molecular formula is C31H28N4O4S. The first kappa shape index (κ1) is 25.8. The predicted molar refractivity (Wildman–Crippen MR) is 156 cm³/mol. The number of aromatic hydroxyl groups is 1. The first-order valence-corrected chi connectivity index (χ1v) is 14.7. The number of anilines is 1. The lowest BCUT2D eigenvalue weighted by Crippen LogP contribution is -2.26. The summed E-state index contributed by atoms with van der Waals surface area (Å²) in [5.74, 6) is -0.563. The van der Waals surface area contributed by atoms with Crippen molar-refractivity contribution in [2.75, 3.05) is 4.31 Å². The van der Waals surface area contributed by atoms with Crippen molar-refractivity contribution in [2.45, 2.75) is 44.2 Å². The Balaban J connectivity index is 1.22. The topological polar surface area (TPSA) is 104 Å². The number of nitrogens with zero attached hydrogens (tertiary/aromatic N) is 4. The van der Waals surface area contributed by atoms with E-state index in [1.807, 2.05) is 53.1 Å². The normalized spacial score (nSPS) is 14.1. The molecule has 202 valence electrons. The summed E-state index contributed by atoms with van der Waals surface area (Å²) in [5, 5.41) is 21.3. The van der Waals surface area contributed by atoms with E-state index in [4.69, 9.17) is 0 Å². The fourth-order valence-corrected chi connectivity index (χ4v) is 7.02. The molecule has 0 radical (unpaired) electrons. The fraction of sp³-hybridized carbons (Fsp3) is 0.194. The van der Waals surface area contributed by atoms with Crippen LogP contribution in [0.25, 0.3) is 21.7 Å². The van der Waals surface area contributed by atoms with Gasteiger partial charge >= 0.3 is 0 Å². The molecule has 0 aliphatic carbocycles. The van der Waals surface area contributed by atoms with Crippen LogP contribution in [-0.2, 0) is 23.1 Å². The first-order chi connectivity index (χ1) is 19.4. The Hall–Kier alpha value is -4.50. The SMILES string of the molecule is CCCCCn1c(O)c(N=NC(=O)c2ccc(CN3c4cccc5cccc(c45)S3(=O)=O)cc2)c2ccccc21. The number of hydrogen-bond acceptors (Lipinski definition) is 5. The molecule has 1 N–H and O–H groups in total. The van der Waals surface area contributed by atoms with Crippen molar-refractivity contribution < 1.29 is 18.3 Å². The van der Waals surface area contributed by atoms with Crippen molar-refractivity contribution in [3.05, 3.63) is 96.1 Å². The molecule has 8 nitrogen and oxygen atoms in total. The van der Waals surface area contributed by atoms with Crippen molar-refractivity contribution in [3.8, 4) is 5.88 Å². The molecule has 0 fully saturated rings. The molecular weight excluding hydrogens is 524 g/mol. The number of aryl methyl sites for hydroxylation is 1. The van der Waals surface area contributed by atoms with Crippen LogP contribution in [-0.4, -0.2) is 24.0 Å². The van der Waals surface area contributed by atoms with Crippen molar-refractivity contribution >= 4 is 49.0 Å². The highest BCUT2D eigenvalue weighted by Gasteiger charge is 2.35. The maximum absolute atomic E-state index is 13.3.